The second-order valence-corrected chi connectivity index (χ2v) is 4.95. The minimum absolute atomic E-state index is 0.105. The Balaban J connectivity index is 1.95. The van der Waals surface area contributed by atoms with Gasteiger partial charge in [-0.1, -0.05) is 0 Å². The zero-order valence-electron chi connectivity index (χ0n) is 10.0. The van der Waals surface area contributed by atoms with Crippen LogP contribution >= 0.6 is 0 Å². The molecule has 0 aromatic heterocycles. The Labute approximate surface area is 105 Å². The molecule has 0 bridgehead atoms. The highest BCUT2D eigenvalue weighted by molar-refractivity contribution is 5.77. The molecule has 2 fully saturated rings. The van der Waals surface area contributed by atoms with Gasteiger partial charge in [-0.05, 0) is 12.8 Å². The number of carboxylic acids is 1. The number of hydrogen-bond acceptors (Lipinski definition) is 4. The van der Waals surface area contributed by atoms with E-state index in [0.717, 1.165) is 0 Å². The van der Waals surface area contributed by atoms with Crippen molar-refractivity contribution >= 4 is 12.0 Å². The zero-order valence-corrected chi connectivity index (χ0v) is 10.0. The summed E-state index contributed by atoms with van der Waals surface area (Å²) in [5.74, 6) is -1.39. The number of carbonyl (C=O) groups is 2. The Bertz CT molecular complexity index is 338. The molecule has 2 aliphatic rings. The van der Waals surface area contributed by atoms with E-state index in [0.29, 0.717) is 19.4 Å². The molecule has 2 heterocycles. The van der Waals surface area contributed by atoms with Crippen LogP contribution in [0.3, 0.4) is 0 Å². The Morgan fingerprint density at radius 3 is 2.17 bits per heavy atom. The van der Waals surface area contributed by atoms with Gasteiger partial charge in [0.25, 0.3) is 0 Å². The molecule has 2 amide bonds. The SMILES string of the molecule is O=C(O)[C@@H]1CCCN(C(=O)N2CC(O)C(O)C2)C1. The molecular formula is C11H18N2O5. The van der Waals surface area contributed by atoms with Crippen LogP contribution in [0.2, 0.25) is 0 Å². The van der Waals surface area contributed by atoms with Gasteiger partial charge in [-0.2, -0.15) is 0 Å². The van der Waals surface area contributed by atoms with Crippen molar-refractivity contribution in [1.82, 2.24) is 9.80 Å². The fraction of sp³-hybridized carbons (Fsp3) is 0.818. The van der Waals surface area contributed by atoms with Crippen molar-refractivity contribution in [2.24, 2.45) is 5.92 Å². The molecule has 2 aliphatic heterocycles. The Morgan fingerprint density at radius 1 is 1.00 bits per heavy atom. The number of likely N-dealkylation sites (tertiary alicyclic amines) is 2. The first-order chi connectivity index (χ1) is 8.49. The minimum atomic E-state index is -0.908. The van der Waals surface area contributed by atoms with E-state index in [4.69, 9.17) is 5.11 Å². The molecule has 0 aromatic carbocycles. The van der Waals surface area contributed by atoms with E-state index in [1.807, 2.05) is 0 Å². The van der Waals surface area contributed by atoms with Gasteiger partial charge in [-0.15, -0.1) is 0 Å². The number of nitrogens with zero attached hydrogens (tertiary/aromatic N) is 2. The summed E-state index contributed by atoms with van der Waals surface area (Å²) in [4.78, 5) is 25.9. The second-order valence-electron chi connectivity index (χ2n) is 4.95. The van der Waals surface area contributed by atoms with Gasteiger partial charge in [0.05, 0.1) is 31.2 Å². The highest BCUT2D eigenvalue weighted by Gasteiger charge is 2.36. The summed E-state index contributed by atoms with van der Waals surface area (Å²) in [6.07, 6.45) is -0.561. The van der Waals surface area contributed by atoms with Crippen molar-refractivity contribution in [3.05, 3.63) is 0 Å². The van der Waals surface area contributed by atoms with E-state index in [1.54, 1.807) is 0 Å². The highest BCUT2D eigenvalue weighted by atomic mass is 16.4. The lowest BCUT2D eigenvalue weighted by molar-refractivity contribution is -0.143. The fourth-order valence-corrected chi connectivity index (χ4v) is 2.48. The van der Waals surface area contributed by atoms with Gasteiger partial charge in [-0.3, -0.25) is 4.79 Å². The maximum Gasteiger partial charge on any atom is 0.320 e. The van der Waals surface area contributed by atoms with E-state index in [9.17, 15) is 19.8 Å². The molecule has 7 nitrogen and oxygen atoms in total. The van der Waals surface area contributed by atoms with Crippen LogP contribution in [0.25, 0.3) is 0 Å². The Hall–Kier alpha value is -1.34. The summed E-state index contributed by atoms with van der Waals surface area (Å²) in [5, 5.41) is 27.8. The number of carboxylic acid groups (broad SMARTS) is 1. The van der Waals surface area contributed by atoms with Gasteiger partial charge in [-0.25, -0.2) is 4.79 Å². The number of carbonyl (C=O) groups excluding carboxylic acids is 1. The van der Waals surface area contributed by atoms with Gasteiger partial charge >= 0.3 is 12.0 Å². The first-order valence-electron chi connectivity index (χ1n) is 6.12. The lowest BCUT2D eigenvalue weighted by Gasteiger charge is -2.33. The molecule has 18 heavy (non-hydrogen) atoms. The predicted octanol–water partition coefficient (Wildman–Crippen LogP) is -1.06. The third-order valence-corrected chi connectivity index (χ3v) is 3.57. The summed E-state index contributed by atoms with van der Waals surface area (Å²) < 4.78 is 0. The smallest absolute Gasteiger partial charge is 0.320 e. The van der Waals surface area contributed by atoms with Crippen LogP contribution in [-0.4, -0.2) is 75.5 Å². The van der Waals surface area contributed by atoms with E-state index >= 15 is 0 Å². The number of urea groups is 1. The van der Waals surface area contributed by atoms with Crippen LogP contribution in [0.5, 0.6) is 0 Å². The van der Waals surface area contributed by atoms with Crippen molar-refractivity contribution in [3.63, 3.8) is 0 Å². The average molecular weight is 258 g/mol. The summed E-state index contributed by atoms with van der Waals surface area (Å²) in [6, 6.07) is -0.295. The van der Waals surface area contributed by atoms with Crippen LogP contribution in [0, 0.1) is 5.92 Å². The van der Waals surface area contributed by atoms with Crippen LogP contribution < -0.4 is 0 Å². The third kappa shape index (κ3) is 2.56. The largest absolute Gasteiger partial charge is 0.481 e. The number of aliphatic carboxylic acids is 1. The average Bonchev–Trinajstić information content (AvgIpc) is 2.69. The molecule has 2 rings (SSSR count). The number of hydrogen-bond donors (Lipinski definition) is 3. The first-order valence-corrected chi connectivity index (χ1v) is 6.12. The van der Waals surface area contributed by atoms with E-state index in [2.05, 4.69) is 0 Å². The van der Waals surface area contributed by atoms with Gasteiger partial charge in [0.15, 0.2) is 0 Å². The summed E-state index contributed by atoms with van der Waals surface area (Å²) in [5.41, 5.74) is 0. The number of β-amino-alcohol motifs (C(OH)–C–C–N with tert-alkyl or cyclic N) is 2. The summed E-state index contributed by atoms with van der Waals surface area (Å²) >= 11 is 0. The number of aliphatic hydroxyl groups is 2. The van der Waals surface area contributed by atoms with Gasteiger partial charge < -0.3 is 25.1 Å². The van der Waals surface area contributed by atoms with Crippen LogP contribution in [-0.2, 0) is 4.79 Å². The molecule has 0 radical (unpaired) electrons. The number of piperidine rings is 1. The van der Waals surface area contributed by atoms with Crippen molar-refractivity contribution in [2.75, 3.05) is 26.2 Å². The number of rotatable bonds is 1. The van der Waals surface area contributed by atoms with Crippen LogP contribution in [0.1, 0.15) is 12.8 Å². The maximum atomic E-state index is 12.1. The van der Waals surface area contributed by atoms with Gasteiger partial charge in [0.2, 0.25) is 0 Å². The normalized spacial score (nSPS) is 32.7. The van der Waals surface area contributed by atoms with Gasteiger partial charge in [0, 0.05) is 13.1 Å². The lowest BCUT2D eigenvalue weighted by atomic mass is 9.99. The first kappa shape index (κ1) is 13.1. The maximum absolute atomic E-state index is 12.1. The topological polar surface area (TPSA) is 101 Å². The molecule has 102 valence electrons. The molecule has 0 spiro atoms. The zero-order chi connectivity index (χ0) is 13.3. The molecule has 3 N–H and O–H groups in total. The standard InChI is InChI=1S/C11H18N2O5/c14-8-5-13(6-9(8)15)11(18)12-3-1-2-7(4-12)10(16)17/h7-9,14-15H,1-6H2,(H,16,17)/t7-,8?,9?/m1/s1. The van der Waals surface area contributed by atoms with E-state index in [-0.39, 0.29) is 25.7 Å². The van der Waals surface area contributed by atoms with Crippen molar-refractivity contribution < 1.29 is 24.9 Å². The fourth-order valence-electron chi connectivity index (χ4n) is 2.48. The van der Waals surface area contributed by atoms with Gasteiger partial charge in [0.1, 0.15) is 0 Å². The predicted molar refractivity (Wildman–Crippen MR) is 60.9 cm³/mol. The second kappa shape index (κ2) is 5.11. The van der Waals surface area contributed by atoms with E-state index < -0.39 is 24.1 Å². The molecule has 0 aromatic rings. The van der Waals surface area contributed by atoms with Crippen molar-refractivity contribution in [1.29, 1.82) is 0 Å². The summed E-state index contributed by atoms with van der Waals surface area (Å²) in [6.45, 7) is 0.949. The minimum Gasteiger partial charge on any atom is -0.481 e. The monoisotopic (exact) mass is 258 g/mol. The van der Waals surface area contributed by atoms with Crippen molar-refractivity contribution in [2.45, 2.75) is 25.0 Å². The molecule has 2 unspecified atom stereocenters. The molecule has 7 heteroatoms. The Kier molecular flexibility index (Phi) is 3.72. The number of amides is 2. The molecule has 2 saturated heterocycles. The lowest BCUT2D eigenvalue weighted by Crippen LogP contribution is -2.48. The van der Waals surface area contributed by atoms with Crippen LogP contribution in [0.4, 0.5) is 4.79 Å². The summed E-state index contributed by atoms with van der Waals surface area (Å²) in [7, 11) is 0. The molecule has 0 saturated carbocycles. The van der Waals surface area contributed by atoms with Crippen LogP contribution in [0.15, 0.2) is 0 Å². The quantitative estimate of drug-likeness (QED) is 0.556. The van der Waals surface area contributed by atoms with Crippen molar-refractivity contribution in [3.8, 4) is 0 Å². The molecule has 3 atom stereocenters. The highest BCUT2D eigenvalue weighted by Crippen LogP contribution is 2.20. The molecular weight excluding hydrogens is 240 g/mol. The Morgan fingerprint density at radius 2 is 1.61 bits per heavy atom. The molecule has 0 aliphatic carbocycles. The van der Waals surface area contributed by atoms with E-state index in [1.165, 1.54) is 9.80 Å². The number of aliphatic hydroxyl groups excluding tert-OH is 2. The third-order valence-electron chi connectivity index (χ3n) is 3.57.